The van der Waals surface area contributed by atoms with Gasteiger partial charge in [-0.1, -0.05) is 11.3 Å². The third-order valence-corrected chi connectivity index (χ3v) is 1.09. The molecular formula is C7H11N2O+. The zero-order chi connectivity index (χ0) is 7.40. The van der Waals surface area contributed by atoms with Crippen LogP contribution in [0.25, 0.3) is 0 Å². The summed E-state index contributed by atoms with van der Waals surface area (Å²) in [4.78, 5) is 5.15. The molecule has 3 heteroatoms. The lowest BCUT2D eigenvalue weighted by molar-refractivity contribution is -0.672. The number of aryl methyl sites for hydroxylation is 1. The molecule has 0 aromatic carbocycles. The van der Waals surface area contributed by atoms with Gasteiger partial charge in [0, 0.05) is 0 Å². The summed E-state index contributed by atoms with van der Waals surface area (Å²) >= 11 is 0. The van der Waals surface area contributed by atoms with Gasteiger partial charge >= 0.3 is 0 Å². The van der Waals surface area contributed by atoms with Crippen LogP contribution >= 0.6 is 0 Å². The molecule has 1 aromatic rings. The molecule has 0 spiro atoms. The molecule has 0 aliphatic rings. The van der Waals surface area contributed by atoms with Crippen molar-refractivity contribution < 1.29 is 9.40 Å². The number of imidazole rings is 1. The van der Waals surface area contributed by atoms with Crippen LogP contribution in [0.1, 0.15) is 0 Å². The summed E-state index contributed by atoms with van der Waals surface area (Å²) in [6.45, 7) is 4.07. The summed E-state index contributed by atoms with van der Waals surface area (Å²) in [7, 11) is 1.94. The maximum Gasteiger partial charge on any atom is 0.284 e. The van der Waals surface area contributed by atoms with E-state index in [0.717, 1.165) is 0 Å². The highest BCUT2D eigenvalue weighted by atomic mass is 16.7. The molecule has 0 saturated carbocycles. The van der Waals surface area contributed by atoms with Crippen molar-refractivity contribution in [3.05, 3.63) is 31.4 Å². The second-order valence-corrected chi connectivity index (χ2v) is 2.02. The Labute approximate surface area is 60.1 Å². The maximum absolute atomic E-state index is 5.15. The van der Waals surface area contributed by atoms with E-state index in [0.29, 0.717) is 6.61 Å². The molecule has 0 aliphatic heterocycles. The Morgan fingerprint density at radius 3 is 3.10 bits per heavy atom. The predicted molar refractivity (Wildman–Crippen MR) is 37.3 cm³/mol. The highest BCUT2D eigenvalue weighted by Crippen LogP contribution is 1.77. The van der Waals surface area contributed by atoms with E-state index in [4.69, 9.17) is 4.84 Å². The van der Waals surface area contributed by atoms with Crippen LogP contribution < -0.4 is 9.40 Å². The van der Waals surface area contributed by atoms with Gasteiger partial charge in [-0.25, -0.2) is 4.57 Å². The number of rotatable bonds is 3. The molecule has 1 aromatic heterocycles. The molecule has 0 unspecified atom stereocenters. The van der Waals surface area contributed by atoms with Gasteiger partial charge in [-0.2, -0.15) is 0 Å². The molecule has 0 amide bonds. The van der Waals surface area contributed by atoms with Gasteiger partial charge in [-0.05, 0) is 6.08 Å². The molecule has 54 valence electrons. The van der Waals surface area contributed by atoms with Gasteiger partial charge in [0.05, 0.1) is 7.05 Å². The van der Waals surface area contributed by atoms with E-state index >= 15 is 0 Å². The number of hydrogen-bond acceptors (Lipinski definition) is 1. The lowest BCUT2D eigenvalue weighted by Gasteiger charge is -1.91. The Balaban J connectivity index is 2.49. The Kier molecular flexibility index (Phi) is 2.10. The van der Waals surface area contributed by atoms with E-state index in [1.54, 1.807) is 10.8 Å². The van der Waals surface area contributed by atoms with Gasteiger partial charge < -0.3 is 4.84 Å². The normalized spacial score (nSPS) is 9.30. The predicted octanol–water partition coefficient (Wildman–Crippen LogP) is -0.0728. The highest BCUT2D eigenvalue weighted by Gasteiger charge is 1.96. The smallest absolute Gasteiger partial charge is 0.284 e. The van der Waals surface area contributed by atoms with Crippen molar-refractivity contribution >= 4 is 0 Å². The van der Waals surface area contributed by atoms with E-state index in [2.05, 4.69) is 6.58 Å². The van der Waals surface area contributed by atoms with Crippen LogP contribution in [0.4, 0.5) is 0 Å². The third kappa shape index (κ3) is 1.62. The zero-order valence-corrected chi connectivity index (χ0v) is 6.03. The average molecular weight is 139 g/mol. The van der Waals surface area contributed by atoms with Crippen LogP contribution in [0.3, 0.4) is 0 Å². The Morgan fingerprint density at radius 2 is 2.60 bits per heavy atom. The fourth-order valence-electron chi connectivity index (χ4n) is 0.642. The van der Waals surface area contributed by atoms with Gasteiger partial charge in [-0.15, -0.1) is 0 Å². The first-order chi connectivity index (χ1) is 4.83. The van der Waals surface area contributed by atoms with Crippen LogP contribution in [0.15, 0.2) is 31.4 Å². The van der Waals surface area contributed by atoms with Crippen molar-refractivity contribution in [3.8, 4) is 0 Å². The molecule has 0 atom stereocenters. The van der Waals surface area contributed by atoms with Crippen molar-refractivity contribution in [2.45, 2.75) is 0 Å². The first-order valence-corrected chi connectivity index (χ1v) is 3.10. The zero-order valence-electron chi connectivity index (χ0n) is 6.03. The topological polar surface area (TPSA) is 18.0 Å². The monoisotopic (exact) mass is 139 g/mol. The molecule has 0 fully saturated rings. The third-order valence-electron chi connectivity index (χ3n) is 1.09. The van der Waals surface area contributed by atoms with Crippen LogP contribution in [-0.2, 0) is 7.05 Å². The van der Waals surface area contributed by atoms with E-state index in [-0.39, 0.29) is 0 Å². The minimum atomic E-state index is 0.536. The fourth-order valence-corrected chi connectivity index (χ4v) is 0.642. The number of aromatic nitrogens is 2. The molecule has 3 nitrogen and oxygen atoms in total. The summed E-state index contributed by atoms with van der Waals surface area (Å²) in [6.07, 6.45) is 7.29. The molecule has 0 bridgehead atoms. The van der Waals surface area contributed by atoms with Crippen LogP contribution in [0.5, 0.6) is 0 Å². The Hall–Kier alpha value is -1.25. The summed E-state index contributed by atoms with van der Waals surface area (Å²) < 4.78 is 3.55. The van der Waals surface area contributed by atoms with Gasteiger partial charge in [0.2, 0.25) is 0 Å². The summed E-state index contributed by atoms with van der Waals surface area (Å²) in [5.74, 6) is 0. The van der Waals surface area contributed by atoms with Crippen molar-refractivity contribution in [1.82, 2.24) is 4.73 Å². The molecule has 0 saturated heterocycles. The molecule has 0 radical (unpaired) electrons. The van der Waals surface area contributed by atoms with Crippen molar-refractivity contribution in [1.29, 1.82) is 0 Å². The maximum atomic E-state index is 5.15. The minimum Gasteiger partial charge on any atom is -0.332 e. The molecule has 10 heavy (non-hydrogen) atoms. The molecule has 1 heterocycles. The minimum absolute atomic E-state index is 0.536. The standard InChI is InChI=1S/C7H11N2O/c1-3-6-10-9-5-4-8(2)7-9/h3-5,7H,1,6H2,2H3/q+1. The molecule has 0 N–H and O–H groups in total. The van der Waals surface area contributed by atoms with E-state index in [1.165, 1.54) is 0 Å². The molecule has 0 aliphatic carbocycles. The number of hydrogen-bond donors (Lipinski definition) is 0. The van der Waals surface area contributed by atoms with Crippen molar-refractivity contribution in [3.63, 3.8) is 0 Å². The lowest BCUT2D eigenvalue weighted by atomic mass is 10.7. The fraction of sp³-hybridized carbons (Fsp3) is 0.286. The average Bonchev–Trinajstić information content (AvgIpc) is 2.31. The second-order valence-electron chi connectivity index (χ2n) is 2.02. The lowest BCUT2D eigenvalue weighted by Crippen LogP contribution is -2.24. The van der Waals surface area contributed by atoms with Gasteiger partial charge in [-0.3, -0.25) is 0 Å². The Morgan fingerprint density at radius 1 is 1.80 bits per heavy atom. The first kappa shape index (κ1) is 6.86. The Bertz CT molecular complexity index is 217. The highest BCUT2D eigenvalue weighted by molar-refractivity contribution is 4.66. The summed E-state index contributed by atoms with van der Waals surface area (Å²) in [5.41, 5.74) is 0. The van der Waals surface area contributed by atoms with Gasteiger partial charge in [0.25, 0.3) is 6.33 Å². The van der Waals surface area contributed by atoms with Crippen LogP contribution in [0, 0.1) is 0 Å². The van der Waals surface area contributed by atoms with E-state index < -0.39 is 0 Å². The van der Waals surface area contributed by atoms with Gasteiger partial charge in [0.15, 0.2) is 12.8 Å². The summed E-state index contributed by atoms with van der Waals surface area (Å²) in [5, 5.41) is 0. The number of nitrogens with zero attached hydrogens (tertiary/aromatic N) is 2. The van der Waals surface area contributed by atoms with Gasteiger partial charge in [0.1, 0.15) is 6.20 Å². The van der Waals surface area contributed by atoms with Crippen molar-refractivity contribution in [2.24, 2.45) is 7.05 Å². The largest absolute Gasteiger partial charge is 0.332 e. The van der Waals surface area contributed by atoms with Crippen LogP contribution in [-0.4, -0.2) is 11.3 Å². The molecular weight excluding hydrogens is 128 g/mol. The SMILES string of the molecule is C=CCOn1cc[n+](C)c1. The molecule has 1 rings (SSSR count). The van der Waals surface area contributed by atoms with Crippen molar-refractivity contribution in [2.75, 3.05) is 6.61 Å². The van der Waals surface area contributed by atoms with E-state index in [9.17, 15) is 0 Å². The van der Waals surface area contributed by atoms with Crippen LogP contribution in [0.2, 0.25) is 0 Å². The second kappa shape index (κ2) is 3.06. The quantitative estimate of drug-likeness (QED) is 0.423. The van der Waals surface area contributed by atoms with E-state index in [1.807, 2.05) is 30.3 Å². The summed E-state index contributed by atoms with van der Waals surface area (Å²) in [6, 6.07) is 0. The first-order valence-electron chi connectivity index (χ1n) is 3.10.